The van der Waals surface area contributed by atoms with E-state index < -0.39 is 17.6 Å². The normalized spacial score (nSPS) is 12.3. The number of nitrogens with zero attached hydrogens (tertiary/aromatic N) is 5. The van der Waals surface area contributed by atoms with E-state index >= 15 is 0 Å². The van der Waals surface area contributed by atoms with Crippen molar-refractivity contribution in [2.75, 3.05) is 10.6 Å². The summed E-state index contributed by atoms with van der Waals surface area (Å²) in [5, 5.41) is 5.88. The summed E-state index contributed by atoms with van der Waals surface area (Å²) in [6.07, 6.45) is 3.79. The number of halogens is 3. The molecule has 1 amide bonds. The molecule has 6 rings (SSSR count). The van der Waals surface area contributed by atoms with Gasteiger partial charge >= 0.3 is 12.1 Å². The van der Waals surface area contributed by atoms with Crippen LogP contribution in [0.4, 0.5) is 30.5 Å². The minimum absolute atomic E-state index is 0.0190. The summed E-state index contributed by atoms with van der Waals surface area (Å²) < 4.78 is 44.3. The van der Waals surface area contributed by atoms with Crippen molar-refractivity contribution < 1.29 is 22.5 Å². The van der Waals surface area contributed by atoms with Crippen LogP contribution in [0.25, 0.3) is 16.9 Å². The standard InChI is InChI=1S/C28H20F3N7O/c1-17-14-38(16-33-17)23-11-21(28(29,30)31)10-22(12-23)34-26(39)18-4-5-20-15-37-8-6-24(19-3-2-7-32-13-19)35-27(37)36-25(20)9-18/h2-14,16H,15H2,1H3,(H,34,39)/p+1. The number of aryl methyl sites for hydroxylation is 1. The Hall–Kier alpha value is -5.06. The maximum absolute atomic E-state index is 13.6. The van der Waals surface area contributed by atoms with Gasteiger partial charge in [0.2, 0.25) is 0 Å². The average molecular weight is 529 g/mol. The van der Waals surface area contributed by atoms with Crippen LogP contribution in [0, 0.1) is 6.92 Å². The number of hydrogen-bond acceptors (Lipinski definition) is 5. The number of benzene rings is 2. The Morgan fingerprint density at radius 2 is 2.00 bits per heavy atom. The lowest BCUT2D eigenvalue weighted by atomic mass is 10.1. The molecule has 0 fully saturated rings. The number of pyridine rings is 1. The lowest BCUT2D eigenvalue weighted by Crippen LogP contribution is -2.41. The van der Waals surface area contributed by atoms with Crippen LogP contribution in [0.5, 0.6) is 0 Å². The minimum atomic E-state index is -4.59. The molecule has 0 saturated carbocycles. The molecule has 0 unspecified atom stereocenters. The fourth-order valence-corrected chi connectivity index (χ4v) is 4.39. The number of amides is 1. The monoisotopic (exact) mass is 528 g/mol. The van der Waals surface area contributed by atoms with E-state index in [1.807, 2.05) is 35.0 Å². The molecule has 5 aromatic rings. The van der Waals surface area contributed by atoms with Gasteiger partial charge in [0.1, 0.15) is 12.2 Å². The zero-order valence-corrected chi connectivity index (χ0v) is 20.6. The molecular weight excluding hydrogens is 507 g/mol. The van der Waals surface area contributed by atoms with Gasteiger partial charge in [-0.2, -0.15) is 13.2 Å². The Kier molecular flexibility index (Phi) is 5.82. The minimum Gasteiger partial charge on any atom is -0.322 e. The van der Waals surface area contributed by atoms with E-state index in [0.29, 0.717) is 23.9 Å². The van der Waals surface area contributed by atoms with Crippen molar-refractivity contribution in [1.29, 1.82) is 0 Å². The van der Waals surface area contributed by atoms with E-state index in [-0.39, 0.29) is 16.9 Å². The van der Waals surface area contributed by atoms with Crippen molar-refractivity contribution in [2.24, 2.45) is 0 Å². The molecule has 3 aromatic heterocycles. The first kappa shape index (κ1) is 24.3. The van der Waals surface area contributed by atoms with E-state index in [1.165, 1.54) is 17.0 Å². The Balaban J connectivity index is 1.27. The zero-order valence-electron chi connectivity index (χ0n) is 20.6. The predicted molar refractivity (Wildman–Crippen MR) is 138 cm³/mol. The van der Waals surface area contributed by atoms with Crippen LogP contribution in [-0.4, -0.2) is 25.4 Å². The molecule has 1 aliphatic heterocycles. The van der Waals surface area contributed by atoms with Crippen LogP contribution < -0.4 is 15.2 Å². The highest BCUT2D eigenvalue weighted by Gasteiger charge is 2.32. The smallest absolute Gasteiger partial charge is 0.322 e. The number of anilines is 3. The lowest BCUT2D eigenvalue weighted by molar-refractivity contribution is -0.677. The van der Waals surface area contributed by atoms with Gasteiger partial charge in [0.25, 0.3) is 5.91 Å². The third kappa shape index (κ3) is 4.93. The second-order valence-electron chi connectivity index (χ2n) is 9.15. The van der Waals surface area contributed by atoms with Crippen molar-refractivity contribution >= 4 is 23.2 Å². The number of carbonyl (C=O) groups is 1. The maximum Gasteiger partial charge on any atom is 0.416 e. The van der Waals surface area contributed by atoms with Crippen molar-refractivity contribution in [1.82, 2.24) is 19.5 Å². The quantitative estimate of drug-likeness (QED) is 0.303. The van der Waals surface area contributed by atoms with Gasteiger partial charge in [-0.1, -0.05) is 11.1 Å². The molecule has 194 valence electrons. The van der Waals surface area contributed by atoms with Gasteiger partial charge in [-0.25, -0.2) is 14.9 Å². The average Bonchev–Trinajstić information content (AvgIpc) is 3.37. The third-order valence-corrected chi connectivity index (χ3v) is 6.34. The summed E-state index contributed by atoms with van der Waals surface area (Å²) >= 11 is 0. The summed E-state index contributed by atoms with van der Waals surface area (Å²) in [6, 6.07) is 14.2. The van der Waals surface area contributed by atoms with Gasteiger partial charge in [-0.05, 0) is 49.4 Å². The molecule has 4 heterocycles. The lowest BCUT2D eigenvalue weighted by Gasteiger charge is -2.17. The second-order valence-corrected chi connectivity index (χ2v) is 9.15. The van der Waals surface area contributed by atoms with Gasteiger partial charge in [0.15, 0.2) is 5.69 Å². The molecule has 0 bridgehead atoms. The summed E-state index contributed by atoms with van der Waals surface area (Å²) in [4.78, 5) is 26.0. The summed E-state index contributed by atoms with van der Waals surface area (Å²) in [5.74, 6) is 0.0572. The largest absolute Gasteiger partial charge is 0.416 e. The molecule has 0 spiro atoms. The highest BCUT2D eigenvalue weighted by atomic mass is 19.4. The topological polar surface area (TPSA) is 88.6 Å². The fraction of sp³-hybridized carbons (Fsp3) is 0.107. The van der Waals surface area contributed by atoms with Crippen molar-refractivity contribution in [2.45, 2.75) is 19.6 Å². The fourth-order valence-electron chi connectivity index (χ4n) is 4.39. The number of hydrogen-bond donors (Lipinski definition) is 2. The van der Waals surface area contributed by atoms with Gasteiger partial charge in [-0.3, -0.25) is 9.78 Å². The Labute approximate surface area is 220 Å². The molecule has 0 aliphatic carbocycles. The van der Waals surface area contributed by atoms with Crippen LogP contribution in [0.1, 0.15) is 27.2 Å². The molecule has 0 atom stereocenters. The SMILES string of the molecule is Cc1cn(-c2cc(NC(=O)c3ccc4c(c3)Nc3nc(-c5cccnc5)cc[n+]3C4)cc(C(F)(F)F)c2)cn1. The first-order valence-electron chi connectivity index (χ1n) is 12.0. The summed E-state index contributed by atoms with van der Waals surface area (Å²) in [7, 11) is 0. The van der Waals surface area contributed by atoms with Crippen LogP contribution in [-0.2, 0) is 12.7 Å². The highest BCUT2D eigenvalue weighted by Crippen LogP contribution is 2.33. The molecule has 2 aromatic carbocycles. The first-order valence-corrected chi connectivity index (χ1v) is 12.0. The number of fused-ring (bicyclic) bond motifs is 2. The van der Waals surface area contributed by atoms with Crippen molar-refractivity contribution in [3.63, 3.8) is 0 Å². The van der Waals surface area contributed by atoms with Crippen LogP contribution >= 0.6 is 0 Å². The molecule has 8 nitrogen and oxygen atoms in total. The number of imidazole rings is 1. The van der Waals surface area contributed by atoms with E-state index in [1.54, 1.807) is 37.6 Å². The third-order valence-electron chi connectivity index (χ3n) is 6.34. The number of rotatable bonds is 4. The summed E-state index contributed by atoms with van der Waals surface area (Å²) in [6.45, 7) is 2.28. The molecule has 39 heavy (non-hydrogen) atoms. The first-order chi connectivity index (χ1) is 18.7. The molecule has 11 heteroatoms. The molecular formula is C28H21F3N7O+. The predicted octanol–water partition coefficient (Wildman–Crippen LogP) is 5.30. The van der Waals surface area contributed by atoms with E-state index in [9.17, 15) is 18.0 Å². The summed E-state index contributed by atoms with van der Waals surface area (Å²) in [5.41, 5.74) is 3.56. The second kappa shape index (κ2) is 9.35. The van der Waals surface area contributed by atoms with Gasteiger partial charge in [0.05, 0.1) is 23.8 Å². The van der Waals surface area contributed by atoms with E-state index in [4.69, 9.17) is 4.98 Å². The van der Waals surface area contributed by atoms with Crippen LogP contribution in [0.15, 0.2) is 85.7 Å². The maximum atomic E-state index is 13.6. The van der Waals surface area contributed by atoms with Crippen molar-refractivity contribution in [3.05, 3.63) is 108 Å². The molecule has 1 aliphatic rings. The Morgan fingerprint density at radius 1 is 1.13 bits per heavy atom. The Morgan fingerprint density at radius 3 is 2.74 bits per heavy atom. The Bertz CT molecular complexity index is 1710. The van der Waals surface area contributed by atoms with Gasteiger partial charge in [-0.15, -0.1) is 0 Å². The van der Waals surface area contributed by atoms with Gasteiger partial charge < -0.3 is 9.88 Å². The highest BCUT2D eigenvalue weighted by molar-refractivity contribution is 6.05. The van der Waals surface area contributed by atoms with Crippen LogP contribution in [0.3, 0.4) is 0 Å². The van der Waals surface area contributed by atoms with Crippen molar-refractivity contribution in [3.8, 4) is 16.9 Å². The number of alkyl halides is 3. The number of nitrogens with one attached hydrogen (secondary N) is 2. The van der Waals surface area contributed by atoms with Crippen LogP contribution in [0.2, 0.25) is 0 Å². The van der Waals surface area contributed by atoms with Gasteiger partial charge in [0, 0.05) is 52.7 Å². The number of aromatic nitrogens is 5. The molecule has 2 N–H and O–H groups in total. The molecule has 0 radical (unpaired) electrons. The molecule has 0 saturated heterocycles. The zero-order chi connectivity index (χ0) is 27.1. The van der Waals surface area contributed by atoms with E-state index in [2.05, 4.69) is 20.6 Å². The number of carbonyl (C=O) groups excluding carboxylic acids is 1. The van der Waals surface area contributed by atoms with E-state index in [0.717, 1.165) is 29.0 Å².